The maximum atomic E-state index is 12.3. The van der Waals surface area contributed by atoms with E-state index < -0.39 is 22.5 Å². The van der Waals surface area contributed by atoms with E-state index in [9.17, 15) is 22.6 Å². The van der Waals surface area contributed by atoms with E-state index >= 15 is 0 Å². The van der Waals surface area contributed by atoms with Gasteiger partial charge in [-0.05, 0) is 55.8 Å². The number of aliphatic hydroxyl groups is 1. The van der Waals surface area contributed by atoms with Crippen LogP contribution in [0.5, 0.6) is 0 Å². The molecule has 0 aliphatic heterocycles. The molecule has 0 bridgehead atoms. The van der Waals surface area contributed by atoms with E-state index in [0.29, 0.717) is 16.9 Å². The maximum Gasteiger partial charge on any atom is 0.266 e. The van der Waals surface area contributed by atoms with Gasteiger partial charge in [0, 0.05) is 0 Å². The van der Waals surface area contributed by atoms with Crippen LogP contribution in [0.3, 0.4) is 0 Å². The standard InChI is InChI=1S/C21H22N2O5S2/c1-15-3-8-18(9-4-15)22(29(25)26)20-12-7-17(14-24)13-21(20)23(30(27)28)19-10-5-16(2)6-11-19/h3-13,24H,14H2,1-2H3,(H,25,26)(H,27,28). The molecule has 3 aromatic rings. The van der Waals surface area contributed by atoms with E-state index in [4.69, 9.17) is 0 Å². The molecule has 0 amide bonds. The molecule has 0 heterocycles. The van der Waals surface area contributed by atoms with Crippen LogP contribution in [0.25, 0.3) is 0 Å². The molecule has 2 atom stereocenters. The minimum absolute atomic E-state index is 0.203. The third-order valence-electron chi connectivity index (χ3n) is 4.51. The van der Waals surface area contributed by atoms with Gasteiger partial charge in [-0.3, -0.25) is 9.11 Å². The predicted molar refractivity (Wildman–Crippen MR) is 121 cm³/mol. The summed E-state index contributed by atoms with van der Waals surface area (Å²) in [6.07, 6.45) is 0. The lowest BCUT2D eigenvalue weighted by Gasteiger charge is -2.28. The number of aryl methyl sites for hydroxylation is 2. The number of benzene rings is 3. The van der Waals surface area contributed by atoms with E-state index in [-0.39, 0.29) is 18.0 Å². The maximum absolute atomic E-state index is 12.3. The molecular formula is C21H22N2O5S2. The third-order valence-corrected chi connectivity index (χ3v) is 5.95. The van der Waals surface area contributed by atoms with Crippen molar-refractivity contribution < 1.29 is 22.6 Å². The lowest BCUT2D eigenvalue weighted by Crippen LogP contribution is -2.25. The van der Waals surface area contributed by atoms with Crippen LogP contribution in [0.2, 0.25) is 0 Å². The van der Waals surface area contributed by atoms with Crippen molar-refractivity contribution in [3.63, 3.8) is 0 Å². The summed E-state index contributed by atoms with van der Waals surface area (Å²) in [5.74, 6) is 0. The van der Waals surface area contributed by atoms with Crippen molar-refractivity contribution in [2.24, 2.45) is 0 Å². The van der Waals surface area contributed by atoms with Crippen LogP contribution in [0, 0.1) is 13.8 Å². The molecule has 3 aromatic carbocycles. The summed E-state index contributed by atoms with van der Waals surface area (Å²) in [6.45, 7) is 3.51. The number of hydrogen-bond acceptors (Lipinski definition) is 3. The molecule has 0 saturated heterocycles. The highest BCUT2D eigenvalue weighted by Crippen LogP contribution is 2.40. The van der Waals surface area contributed by atoms with Crippen LogP contribution in [-0.4, -0.2) is 22.6 Å². The highest BCUT2D eigenvalue weighted by molar-refractivity contribution is 7.81. The molecule has 0 aliphatic carbocycles. The average molecular weight is 447 g/mol. The summed E-state index contributed by atoms with van der Waals surface area (Å²) >= 11 is -4.93. The van der Waals surface area contributed by atoms with Crippen molar-refractivity contribution in [2.75, 3.05) is 8.61 Å². The van der Waals surface area contributed by atoms with Crippen molar-refractivity contribution in [3.8, 4) is 0 Å². The lowest BCUT2D eigenvalue weighted by atomic mass is 10.1. The van der Waals surface area contributed by atoms with E-state index in [1.807, 2.05) is 13.8 Å². The van der Waals surface area contributed by atoms with Gasteiger partial charge in [0.1, 0.15) is 0 Å². The fourth-order valence-electron chi connectivity index (χ4n) is 2.99. The third kappa shape index (κ3) is 4.77. The summed E-state index contributed by atoms with van der Waals surface area (Å²) in [5.41, 5.74) is 3.75. The van der Waals surface area contributed by atoms with Crippen LogP contribution < -0.4 is 8.61 Å². The Morgan fingerprint density at radius 2 is 1.13 bits per heavy atom. The molecular weight excluding hydrogens is 424 g/mol. The smallest absolute Gasteiger partial charge is 0.266 e. The van der Waals surface area contributed by atoms with Gasteiger partial charge in [-0.2, -0.15) is 0 Å². The minimum Gasteiger partial charge on any atom is -0.392 e. The largest absolute Gasteiger partial charge is 0.392 e. The number of aliphatic hydroxyl groups excluding tert-OH is 1. The monoisotopic (exact) mass is 446 g/mol. The zero-order valence-corrected chi connectivity index (χ0v) is 18.1. The summed E-state index contributed by atoms with van der Waals surface area (Å²) in [6, 6.07) is 18.6. The Morgan fingerprint density at radius 1 is 0.700 bits per heavy atom. The quantitative estimate of drug-likeness (QED) is 0.469. The van der Waals surface area contributed by atoms with Crippen LogP contribution in [0.4, 0.5) is 22.7 Å². The lowest BCUT2D eigenvalue weighted by molar-refractivity contribution is 0.282. The molecule has 2 unspecified atom stereocenters. The van der Waals surface area contributed by atoms with Gasteiger partial charge >= 0.3 is 0 Å². The topological polar surface area (TPSA) is 101 Å². The van der Waals surface area contributed by atoms with Crippen molar-refractivity contribution in [2.45, 2.75) is 20.5 Å². The van der Waals surface area contributed by atoms with Gasteiger partial charge in [0.05, 0.1) is 29.4 Å². The van der Waals surface area contributed by atoms with E-state index in [2.05, 4.69) is 0 Å². The van der Waals surface area contributed by atoms with Gasteiger partial charge < -0.3 is 5.11 Å². The van der Waals surface area contributed by atoms with Crippen LogP contribution in [-0.2, 0) is 29.1 Å². The number of rotatable bonds is 7. The van der Waals surface area contributed by atoms with Gasteiger partial charge in [0.15, 0.2) is 0 Å². The number of nitrogens with zero attached hydrogens (tertiary/aromatic N) is 2. The van der Waals surface area contributed by atoms with Gasteiger partial charge in [-0.15, -0.1) is 0 Å². The molecule has 0 spiro atoms. The Kier molecular flexibility index (Phi) is 7.01. The van der Waals surface area contributed by atoms with Gasteiger partial charge in [-0.25, -0.2) is 17.0 Å². The first kappa shape index (κ1) is 22.1. The van der Waals surface area contributed by atoms with Crippen LogP contribution in [0.1, 0.15) is 16.7 Å². The van der Waals surface area contributed by atoms with E-state index in [0.717, 1.165) is 19.7 Å². The van der Waals surface area contributed by atoms with Gasteiger partial charge in [0.25, 0.3) is 22.5 Å². The minimum atomic E-state index is -2.48. The number of anilines is 4. The summed E-state index contributed by atoms with van der Waals surface area (Å²) < 4.78 is 47.1. The molecule has 0 aromatic heterocycles. The van der Waals surface area contributed by atoms with E-state index in [1.165, 1.54) is 6.07 Å². The second kappa shape index (κ2) is 9.50. The molecule has 0 saturated carbocycles. The molecule has 30 heavy (non-hydrogen) atoms. The molecule has 3 N–H and O–H groups in total. The highest BCUT2D eigenvalue weighted by Gasteiger charge is 2.25. The molecule has 0 fully saturated rings. The zero-order valence-electron chi connectivity index (χ0n) is 16.4. The first-order valence-electron chi connectivity index (χ1n) is 9.01. The van der Waals surface area contributed by atoms with Crippen molar-refractivity contribution in [1.29, 1.82) is 0 Å². The van der Waals surface area contributed by atoms with Crippen molar-refractivity contribution in [1.82, 2.24) is 0 Å². The van der Waals surface area contributed by atoms with Crippen molar-refractivity contribution >= 4 is 45.3 Å². The second-order valence-corrected chi connectivity index (χ2v) is 8.36. The van der Waals surface area contributed by atoms with Gasteiger partial charge in [0.2, 0.25) is 0 Å². The van der Waals surface area contributed by atoms with E-state index in [1.54, 1.807) is 60.7 Å². The first-order valence-corrected chi connectivity index (χ1v) is 11.1. The second-order valence-electron chi connectivity index (χ2n) is 6.70. The Morgan fingerprint density at radius 3 is 1.53 bits per heavy atom. The normalized spacial score (nSPS) is 13.0. The molecule has 0 aliphatic rings. The molecule has 158 valence electrons. The Bertz CT molecular complexity index is 1070. The van der Waals surface area contributed by atoms with Crippen LogP contribution in [0.15, 0.2) is 66.7 Å². The average Bonchev–Trinajstić information content (AvgIpc) is 2.71. The van der Waals surface area contributed by atoms with Crippen molar-refractivity contribution in [3.05, 3.63) is 83.4 Å². The summed E-state index contributed by atoms with van der Waals surface area (Å²) in [4.78, 5) is 0. The molecule has 0 radical (unpaired) electrons. The zero-order chi connectivity index (χ0) is 21.8. The Hall–Kier alpha value is -2.56. The summed E-state index contributed by atoms with van der Waals surface area (Å²) in [5, 5.41) is 9.60. The fraction of sp³-hybridized carbons (Fsp3) is 0.143. The summed E-state index contributed by atoms with van der Waals surface area (Å²) in [7, 11) is 0. The number of hydrogen-bond donors (Lipinski definition) is 3. The Labute approximate surface area is 180 Å². The first-order chi connectivity index (χ1) is 14.3. The van der Waals surface area contributed by atoms with Gasteiger partial charge in [-0.1, -0.05) is 41.5 Å². The fourth-order valence-corrected chi connectivity index (χ4v) is 4.23. The van der Waals surface area contributed by atoms with Crippen LogP contribution >= 0.6 is 0 Å². The molecule has 9 heteroatoms. The predicted octanol–water partition coefficient (Wildman–Crippen LogP) is 4.35. The SMILES string of the molecule is Cc1ccc(N(c2ccc(CO)cc2N(c2ccc(C)cc2)S(=O)O)S(=O)O)cc1. The highest BCUT2D eigenvalue weighted by atomic mass is 32.2. The Balaban J connectivity index is 2.24. The molecule has 7 nitrogen and oxygen atoms in total. The molecule has 3 rings (SSSR count).